The largest absolute Gasteiger partial charge is 0.382 e. The smallest absolute Gasteiger partial charge is 0.224 e. The molecule has 0 aliphatic heterocycles. The van der Waals surface area contributed by atoms with Crippen LogP contribution >= 0.6 is 0 Å². The van der Waals surface area contributed by atoms with Crippen molar-refractivity contribution in [2.75, 3.05) is 19.8 Å². The van der Waals surface area contributed by atoms with Crippen molar-refractivity contribution in [1.82, 2.24) is 5.32 Å². The standard InChI is InChI=1S/C11H22N2O2/c1-2-15-8-4-7-13-11(14)9-5-3-6-10(9)12/h9-10H,2-8,12H2,1H3,(H,13,14). The minimum Gasteiger partial charge on any atom is -0.382 e. The number of nitrogens with two attached hydrogens (primary N) is 1. The Kier molecular flexibility index (Phi) is 5.65. The molecule has 0 aromatic carbocycles. The fourth-order valence-corrected chi connectivity index (χ4v) is 1.98. The highest BCUT2D eigenvalue weighted by Crippen LogP contribution is 2.23. The van der Waals surface area contributed by atoms with Crippen LogP contribution in [-0.4, -0.2) is 31.7 Å². The summed E-state index contributed by atoms with van der Waals surface area (Å²) in [6.07, 6.45) is 3.88. The minimum atomic E-state index is 0.0390. The van der Waals surface area contributed by atoms with Gasteiger partial charge in [-0.05, 0) is 26.2 Å². The van der Waals surface area contributed by atoms with E-state index in [1.54, 1.807) is 0 Å². The van der Waals surface area contributed by atoms with Gasteiger partial charge in [0.1, 0.15) is 0 Å². The number of hydrogen-bond acceptors (Lipinski definition) is 3. The predicted octanol–water partition coefficient (Wildman–Crippen LogP) is 0.657. The molecule has 1 amide bonds. The normalized spacial score (nSPS) is 25.5. The first-order valence-corrected chi connectivity index (χ1v) is 5.86. The summed E-state index contributed by atoms with van der Waals surface area (Å²) < 4.78 is 5.19. The van der Waals surface area contributed by atoms with Gasteiger partial charge in [0, 0.05) is 25.8 Å². The van der Waals surface area contributed by atoms with Crippen LogP contribution in [0.15, 0.2) is 0 Å². The van der Waals surface area contributed by atoms with Crippen molar-refractivity contribution < 1.29 is 9.53 Å². The Morgan fingerprint density at radius 2 is 2.33 bits per heavy atom. The van der Waals surface area contributed by atoms with Crippen LogP contribution in [0.2, 0.25) is 0 Å². The fraction of sp³-hybridized carbons (Fsp3) is 0.909. The maximum absolute atomic E-state index is 11.7. The Balaban J connectivity index is 2.08. The molecular weight excluding hydrogens is 192 g/mol. The molecule has 4 nitrogen and oxygen atoms in total. The van der Waals surface area contributed by atoms with E-state index in [4.69, 9.17) is 10.5 Å². The van der Waals surface area contributed by atoms with Gasteiger partial charge in [-0.2, -0.15) is 0 Å². The topological polar surface area (TPSA) is 64.3 Å². The molecule has 0 bridgehead atoms. The Bertz CT molecular complexity index is 197. The molecule has 0 heterocycles. The zero-order valence-corrected chi connectivity index (χ0v) is 9.50. The van der Waals surface area contributed by atoms with Crippen molar-refractivity contribution in [3.05, 3.63) is 0 Å². The molecule has 1 aliphatic carbocycles. The number of ether oxygens (including phenoxy) is 1. The van der Waals surface area contributed by atoms with E-state index < -0.39 is 0 Å². The van der Waals surface area contributed by atoms with Crippen molar-refractivity contribution in [3.63, 3.8) is 0 Å². The summed E-state index contributed by atoms with van der Waals surface area (Å²) in [6.45, 7) is 4.12. The van der Waals surface area contributed by atoms with Crippen molar-refractivity contribution >= 4 is 5.91 Å². The van der Waals surface area contributed by atoms with E-state index in [0.717, 1.165) is 32.3 Å². The van der Waals surface area contributed by atoms with Gasteiger partial charge in [0.2, 0.25) is 5.91 Å². The monoisotopic (exact) mass is 214 g/mol. The average molecular weight is 214 g/mol. The summed E-state index contributed by atoms with van der Waals surface area (Å²) in [7, 11) is 0. The minimum absolute atomic E-state index is 0.0390. The fourth-order valence-electron chi connectivity index (χ4n) is 1.98. The van der Waals surface area contributed by atoms with E-state index in [9.17, 15) is 4.79 Å². The highest BCUT2D eigenvalue weighted by Gasteiger charge is 2.29. The first-order chi connectivity index (χ1) is 7.25. The van der Waals surface area contributed by atoms with Gasteiger partial charge in [-0.25, -0.2) is 0 Å². The van der Waals surface area contributed by atoms with E-state index >= 15 is 0 Å². The molecule has 1 fully saturated rings. The second kappa shape index (κ2) is 6.80. The van der Waals surface area contributed by atoms with Crippen LogP contribution in [0.1, 0.15) is 32.6 Å². The van der Waals surface area contributed by atoms with Crippen molar-refractivity contribution in [2.45, 2.75) is 38.6 Å². The van der Waals surface area contributed by atoms with E-state index in [1.165, 1.54) is 0 Å². The molecule has 1 saturated carbocycles. The van der Waals surface area contributed by atoms with Gasteiger partial charge in [0.15, 0.2) is 0 Å². The van der Waals surface area contributed by atoms with Crippen LogP contribution in [0.3, 0.4) is 0 Å². The third-order valence-electron chi connectivity index (χ3n) is 2.87. The lowest BCUT2D eigenvalue weighted by molar-refractivity contribution is -0.125. The highest BCUT2D eigenvalue weighted by molar-refractivity contribution is 5.79. The number of nitrogens with one attached hydrogen (secondary N) is 1. The maximum atomic E-state index is 11.7. The number of carbonyl (C=O) groups is 1. The van der Waals surface area contributed by atoms with Crippen LogP contribution in [0, 0.1) is 5.92 Å². The zero-order valence-electron chi connectivity index (χ0n) is 9.50. The van der Waals surface area contributed by atoms with Gasteiger partial charge >= 0.3 is 0 Å². The maximum Gasteiger partial charge on any atom is 0.224 e. The van der Waals surface area contributed by atoms with Gasteiger partial charge in [0.25, 0.3) is 0 Å². The molecule has 88 valence electrons. The number of rotatable bonds is 6. The Hall–Kier alpha value is -0.610. The number of amides is 1. The number of carbonyl (C=O) groups excluding carboxylic acids is 1. The summed E-state index contributed by atoms with van der Waals surface area (Å²) in [6, 6.07) is 0.0666. The Labute approximate surface area is 91.5 Å². The van der Waals surface area contributed by atoms with Crippen molar-refractivity contribution in [3.8, 4) is 0 Å². The molecule has 4 heteroatoms. The molecule has 0 spiro atoms. The van der Waals surface area contributed by atoms with Crippen LogP contribution < -0.4 is 11.1 Å². The third kappa shape index (κ3) is 4.18. The summed E-state index contributed by atoms with van der Waals surface area (Å²) in [5.74, 6) is 0.161. The molecule has 3 N–H and O–H groups in total. The zero-order chi connectivity index (χ0) is 11.1. The van der Waals surface area contributed by atoms with Gasteiger partial charge in [-0.3, -0.25) is 4.79 Å². The molecule has 0 aromatic rings. The van der Waals surface area contributed by atoms with Crippen LogP contribution in [0.5, 0.6) is 0 Å². The summed E-state index contributed by atoms with van der Waals surface area (Å²) >= 11 is 0. The summed E-state index contributed by atoms with van der Waals surface area (Å²) in [4.78, 5) is 11.7. The first kappa shape index (κ1) is 12.5. The summed E-state index contributed by atoms with van der Waals surface area (Å²) in [5.41, 5.74) is 5.85. The third-order valence-corrected chi connectivity index (χ3v) is 2.87. The summed E-state index contributed by atoms with van der Waals surface area (Å²) in [5, 5.41) is 2.91. The SMILES string of the molecule is CCOCCCNC(=O)C1CCCC1N. The van der Waals surface area contributed by atoms with E-state index in [0.29, 0.717) is 13.2 Å². The van der Waals surface area contributed by atoms with Crippen molar-refractivity contribution in [1.29, 1.82) is 0 Å². The lowest BCUT2D eigenvalue weighted by Crippen LogP contribution is -2.39. The molecule has 0 radical (unpaired) electrons. The van der Waals surface area contributed by atoms with Crippen LogP contribution in [0.4, 0.5) is 0 Å². The van der Waals surface area contributed by atoms with E-state index in [1.807, 2.05) is 6.92 Å². The molecule has 1 rings (SSSR count). The molecule has 2 unspecified atom stereocenters. The van der Waals surface area contributed by atoms with E-state index in [2.05, 4.69) is 5.32 Å². The van der Waals surface area contributed by atoms with Gasteiger partial charge < -0.3 is 15.8 Å². The quantitative estimate of drug-likeness (QED) is 0.638. The second-order valence-electron chi connectivity index (χ2n) is 4.04. The molecule has 1 aliphatic rings. The van der Waals surface area contributed by atoms with E-state index in [-0.39, 0.29) is 17.9 Å². The first-order valence-electron chi connectivity index (χ1n) is 5.86. The lowest BCUT2D eigenvalue weighted by Gasteiger charge is -2.14. The predicted molar refractivity (Wildman–Crippen MR) is 59.4 cm³/mol. The molecule has 15 heavy (non-hydrogen) atoms. The number of hydrogen-bond donors (Lipinski definition) is 2. The van der Waals surface area contributed by atoms with Crippen LogP contribution in [-0.2, 0) is 9.53 Å². The molecule has 0 saturated heterocycles. The highest BCUT2D eigenvalue weighted by atomic mass is 16.5. The van der Waals surface area contributed by atoms with Gasteiger partial charge in [-0.1, -0.05) is 6.42 Å². The Morgan fingerprint density at radius 3 is 2.93 bits per heavy atom. The molecule has 0 aromatic heterocycles. The van der Waals surface area contributed by atoms with Crippen LogP contribution in [0.25, 0.3) is 0 Å². The molecular formula is C11H22N2O2. The molecule has 2 atom stereocenters. The average Bonchev–Trinajstić information content (AvgIpc) is 2.64. The lowest BCUT2D eigenvalue weighted by atomic mass is 10.0. The van der Waals surface area contributed by atoms with Gasteiger partial charge in [-0.15, -0.1) is 0 Å². The van der Waals surface area contributed by atoms with Gasteiger partial charge in [0.05, 0.1) is 5.92 Å². The second-order valence-corrected chi connectivity index (χ2v) is 4.04. The Morgan fingerprint density at radius 1 is 1.53 bits per heavy atom. The van der Waals surface area contributed by atoms with Crippen molar-refractivity contribution in [2.24, 2.45) is 11.7 Å².